The number of aromatic nitrogens is 2. The van der Waals surface area contributed by atoms with Gasteiger partial charge in [-0.05, 0) is 37.3 Å². The maximum Gasteiger partial charge on any atom is 0.247 e. The summed E-state index contributed by atoms with van der Waals surface area (Å²) < 4.78 is 11.1. The van der Waals surface area contributed by atoms with Crippen molar-refractivity contribution in [2.24, 2.45) is 5.16 Å². The number of amides is 1. The van der Waals surface area contributed by atoms with Gasteiger partial charge in [-0.15, -0.1) is 0 Å². The Kier molecular flexibility index (Phi) is 8.73. The van der Waals surface area contributed by atoms with Gasteiger partial charge in [-0.1, -0.05) is 23.9 Å². The third kappa shape index (κ3) is 6.37. The molecule has 0 saturated carbocycles. The number of nitrogens with one attached hydrogen (secondary N) is 3. The van der Waals surface area contributed by atoms with Crippen LogP contribution in [0, 0.1) is 0 Å². The number of rotatable bonds is 10. The molecule has 11 heteroatoms. The summed E-state index contributed by atoms with van der Waals surface area (Å²) in [5.41, 5.74) is 4.16. The molecule has 198 valence electrons. The Balaban J connectivity index is 1.65. The van der Waals surface area contributed by atoms with E-state index in [0.717, 1.165) is 18.8 Å². The molecule has 1 fully saturated rings. The molecule has 11 nitrogen and oxygen atoms in total. The highest BCUT2D eigenvalue weighted by molar-refractivity contribution is 6.04. The zero-order valence-electron chi connectivity index (χ0n) is 21.7. The van der Waals surface area contributed by atoms with Crippen LogP contribution in [0.5, 0.6) is 5.75 Å². The van der Waals surface area contributed by atoms with Crippen LogP contribution in [-0.4, -0.2) is 62.1 Å². The third-order valence-corrected chi connectivity index (χ3v) is 5.84. The zero-order valence-corrected chi connectivity index (χ0v) is 21.7. The molecule has 1 aliphatic rings. The summed E-state index contributed by atoms with van der Waals surface area (Å²) in [6.45, 7) is 8.36. The third-order valence-electron chi connectivity index (χ3n) is 5.84. The van der Waals surface area contributed by atoms with Gasteiger partial charge in [-0.25, -0.2) is 4.98 Å². The molecule has 0 spiro atoms. The summed E-state index contributed by atoms with van der Waals surface area (Å²) in [5.74, 6) is 1.14. The normalized spacial score (nSPS) is 13.4. The van der Waals surface area contributed by atoms with Crippen molar-refractivity contribution in [1.82, 2.24) is 9.97 Å². The van der Waals surface area contributed by atoms with E-state index in [1.54, 1.807) is 26.3 Å². The second-order valence-electron chi connectivity index (χ2n) is 8.29. The SMILES string of the molecule is C=CC(=O)Nc1ccccc1Nc1nc(Nc2ccc(N3CCOCC3)cc2OC)ncc1C(C)=NOC. The van der Waals surface area contributed by atoms with Crippen molar-refractivity contribution in [3.63, 3.8) is 0 Å². The van der Waals surface area contributed by atoms with Crippen molar-refractivity contribution in [2.75, 3.05) is 61.4 Å². The molecule has 0 unspecified atom stereocenters. The standard InChI is InChI=1S/C27H31N7O4/c1-5-25(35)29-21-8-6-7-9-22(21)30-26-20(18(2)33-37-4)17-28-27(32-26)31-23-11-10-19(16-24(23)36-3)34-12-14-38-15-13-34/h5-11,16-17H,1,12-15H2,2-4H3,(H,29,35)(H2,28,30,31,32). The monoisotopic (exact) mass is 517 g/mol. The number of benzene rings is 2. The molecule has 38 heavy (non-hydrogen) atoms. The maximum atomic E-state index is 11.9. The van der Waals surface area contributed by atoms with Gasteiger partial charge < -0.3 is 35.2 Å². The second kappa shape index (κ2) is 12.5. The van der Waals surface area contributed by atoms with Gasteiger partial charge in [0, 0.05) is 31.0 Å². The lowest BCUT2D eigenvalue weighted by Crippen LogP contribution is -2.36. The molecule has 0 radical (unpaired) electrons. The van der Waals surface area contributed by atoms with E-state index < -0.39 is 0 Å². The number of anilines is 6. The zero-order chi connectivity index (χ0) is 26.9. The fourth-order valence-electron chi connectivity index (χ4n) is 3.92. The molecular weight excluding hydrogens is 486 g/mol. The average molecular weight is 518 g/mol. The number of ether oxygens (including phenoxy) is 2. The molecule has 0 aliphatic carbocycles. The van der Waals surface area contributed by atoms with E-state index in [4.69, 9.17) is 19.3 Å². The summed E-state index contributed by atoms with van der Waals surface area (Å²) in [6, 6.07) is 13.2. The van der Waals surface area contributed by atoms with Gasteiger partial charge in [-0.2, -0.15) is 4.98 Å². The van der Waals surface area contributed by atoms with Crippen LogP contribution >= 0.6 is 0 Å². The Morgan fingerprint density at radius 2 is 1.87 bits per heavy atom. The molecule has 0 atom stereocenters. The highest BCUT2D eigenvalue weighted by Crippen LogP contribution is 2.33. The summed E-state index contributed by atoms with van der Waals surface area (Å²) in [4.78, 5) is 28.4. The molecule has 2 heterocycles. The van der Waals surface area contributed by atoms with Gasteiger partial charge in [0.1, 0.15) is 18.7 Å². The number of morpholine rings is 1. The second-order valence-corrected chi connectivity index (χ2v) is 8.29. The lowest BCUT2D eigenvalue weighted by atomic mass is 10.2. The molecule has 2 aromatic carbocycles. The van der Waals surface area contributed by atoms with Crippen molar-refractivity contribution in [1.29, 1.82) is 0 Å². The van der Waals surface area contributed by atoms with Crippen LogP contribution in [0.25, 0.3) is 0 Å². The minimum Gasteiger partial charge on any atom is -0.494 e. The van der Waals surface area contributed by atoms with E-state index >= 15 is 0 Å². The first-order valence-corrected chi connectivity index (χ1v) is 12.0. The van der Waals surface area contributed by atoms with Crippen LogP contribution in [0.4, 0.5) is 34.5 Å². The fraction of sp³-hybridized carbons (Fsp3) is 0.259. The number of hydrogen-bond acceptors (Lipinski definition) is 10. The van der Waals surface area contributed by atoms with E-state index in [2.05, 4.69) is 37.6 Å². The van der Waals surface area contributed by atoms with Gasteiger partial charge >= 0.3 is 0 Å². The van der Waals surface area contributed by atoms with Crippen molar-refractivity contribution in [2.45, 2.75) is 6.92 Å². The molecule has 1 aromatic heterocycles. The number of para-hydroxylation sites is 2. The Hall–Kier alpha value is -4.64. The van der Waals surface area contributed by atoms with E-state index in [1.807, 2.05) is 36.4 Å². The minimum absolute atomic E-state index is 0.325. The van der Waals surface area contributed by atoms with Gasteiger partial charge in [0.15, 0.2) is 0 Å². The topological polar surface area (TPSA) is 122 Å². The Morgan fingerprint density at radius 3 is 2.58 bits per heavy atom. The number of hydrogen-bond donors (Lipinski definition) is 3. The van der Waals surface area contributed by atoms with E-state index in [9.17, 15) is 4.79 Å². The lowest BCUT2D eigenvalue weighted by molar-refractivity contribution is -0.111. The van der Waals surface area contributed by atoms with Crippen LogP contribution < -0.4 is 25.6 Å². The first-order chi connectivity index (χ1) is 18.5. The first kappa shape index (κ1) is 26.4. The number of nitrogens with zero attached hydrogens (tertiary/aromatic N) is 4. The van der Waals surface area contributed by atoms with Crippen molar-refractivity contribution in [3.05, 3.63) is 66.9 Å². The largest absolute Gasteiger partial charge is 0.494 e. The maximum absolute atomic E-state index is 11.9. The molecule has 0 bridgehead atoms. The molecule has 4 rings (SSSR count). The van der Waals surface area contributed by atoms with Crippen LogP contribution in [0.1, 0.15) is 12.5 Å². The molecule has 1 amide bonds. The van der Waals surface area contributed by atoms with Crippen LogP contribution in [0.2, 0.25) is 0 Å². The Labute approximate surface area is 221 Å². The summed E-state index contributed by atoms with van der Waals surface area (Å²) in [5, 5.41) is 13.4. The van der Waals surface area contributed by atoms with Crippen molar-refractivity contribution < 1.29 is 19.1 Å². The quantitative estimate of drug-likeness (QED) is 0.205. The fourth-order valence-corrected chi connectivity index (χ4v) is 3.92. The number of carbonyl (C=O) groups is 1. The Bertz CT molecular complexity index is 1320. The van der Waals surface area contributed by atoms with Gasteiger partial charge in [0.05, 0.1) is 48.7 Å². The van der Waals surface area contributed by atoms with E-state index in [-0.39, 0.29) is 5.91 Å². The van der Waals surface area contributed by atoms with Gasteiger partial charge in [0.2, 0.25) is 11.9 Å². The highest BCUT2D eigenvalue weighted by atomic mass is 16.6. The number of carbonyl (C=O) groups excluding carboxylic acids is 1. The first-order valence-electron chi connectivity index (χ1n) is 12.0. The van der Waals surface area contributed by atoms with E-state index in [0.29, 0.717) is 59.1 Å². The summed E-state index contributed by atoms with van der Waals surface area (Å²) in [7, 11) is 3.10. The van der Waals surface area contributed by atoms with Crippen LogP contribution in [0.15, 0.2) is 66.5 Å². The number of methoxy groups -OCH3 is 1. The number of oxime groups is 1. The molecule has 1 aliphatic heterocycles. The van der Waals surface area contributed by atoms with Gasteiger partial charge in [-0.3, -0.25) is 4.79 Å². The molecule has 3 aromatic rings. The summed E-state index contributed by atoms with van der Waals surface area (Å²) in [6.07, 6.45) is 2.86. The molecular formula is C27H31N7O4. The smallest absolute Gasteiger partial charge is 0.247 e. The van der Waals surface area contributed by atoms with Crippen molar-refractivity contribution >= 4 is 46.1 Å². The molecule has 3 N–H and O–H groups in total. The summed E-state index contributed by atoms with van der Waals surface area (Å²) >= 11 is 0. The van der Waals surface area contributed by atoms with E-state index in [1.165, 1.54) is 13.2 Å². The minimum atomic E-state index is -0.325. The van der Waals surface area contributed by atoms with Crippen molar-refractivity contribution in [3.8, 4) is 5.75 Å². The van der Waals surface area contributed by atoms with Crippen LogP contribution in [-0.2, 0) is 14.4 Å². The Morgan fingerprint density at radius 1 is 1.11 bits per heavy atom. The van der Waals surface area contributed by atoms with Gasteiger partial charge in [0.25, 0.3) is 0 Å². The average Bonchev–Trinajstić information content (AvgIpc) is 2.95. The van der Waals surface area contributed by atoms with Crippen LogP contribution in [0.3, 0.4) is 0 Å². The predicted octanol–water partition coefficient (Wildman–Crippen LogP) is 4.30. The lowest BCUT2D eigenvalue weighted by Gasteiger charge is -2.29. The predicted molar refractivity (Wildman–Crippen MR) is 149 cm³/mol. The molecule has 1 saturated heterocycles. The highest BCUT2D eigenvalue weighted by Gasteiger charge is 2.17.